The maximum Gasteiger partial charge on any atom is 0.470 e. The molecule has 146 valence electrons. The van der Waals surface area contributed by atoms with Crippen LogP contribution in [0.3, 0.4) is 0 Å². The van der Waals surface area contributed by atoms with Crippen molar-refractivity contribution in [2.45, 2.75) is 45.3 Å². The summed E-state index contributed by atoms with van der Waals surface area (Å²) in [5, 5.41) is 6.51. The monoisotopic (exact) mass is 385 g/mol. The molecule has 1 saturated heterocycles. The predicted molar refractivity (Wildman–Crippen MR) is 85.8 cm³/mol. The SMILES string of the molecule is Cc1ncn(CC(=O)N2CCCC(c3nnc(C(F)(F)F)o3)C2)c(=O)c1C. The molecule has 0 aliphatic carbocycles. The van der Waals surface area contributed by atoms with Crippen molar-refractivity contribution in [1.29, 1.82) is 0 Å². The Morgan fingerprint density at radius 3 is 2.74 bits per heavy atom. The summed E-state index contributed by atoms with van der Waals surface area (Å²) in [5.41, 5.74) is 0.766. The van der Waals surface area contributed by atoms with Crippen LogP contribution in [-0.4, -0.2) is 43.6 Å². The first-order valence-corrected chi connectivity index (χ1v) is 8.38. The van der Waals surface area contributed by atoms with Crippen LogP contribution in [0.1, 0.15) is 41.8 Å². The Morgan fingerprint density at radius 1 is 1.33 bits per heavy atom. The number of halogens is 3. The van der Waals surface area contributed by atoms with Gasteiger partial charge in [-0.3, -0.25) is 14.2 Å². The molecular weight excluding hydrogens is 367 g/mol. The van der Waals surface area contributed by atoms with E-state index >= 15 is 0 Å². The zero-order valence-electron chi connectivity index (χ0n) is 14.8. The van der Waals surface area contributed by atoms with E-state index in [1.54, 1.807) is 13.8 Å². The van der Waals surface area contributed by atoms with Crippen molar-refractivity contribution in [1.82, 2.24) is 24.6 Å². The summed E-state index contributed by atoms with van der Waals surface area (Å²) in [5.74, 6) is -2.32. The Kier molecular flexibility index (Phi) is 5.03. The van der Waals surface area contributed by atoms with Crippen LogP contribution in [0.4, 0.5) is 13.2 Å². The van der Waals surface area contributed by atoms with Crippen LogP contribution >= 0.6 is 0 Å². The third kappa shape index (κ3) is 4.01. The highest BCUT2D eigenvalue weighted by atomic mass is 19.4. The molecule has 27 heavy (non-hydrogen) atoms. The lowest BCUT2D eigenvalue weighted by Gasteiger charge is -2.31. The van der Waals surface area contributed by atoms with Gasteiger partial charge in [0.25, 0.3) is 5.56 Å². The summed E-state index contributed by atoms with van der Waals surface area (Å²) in [4.78, 5) is 30.3. The summed E-state index contributed by atoms with van der Waals surface area (Å²) in [6, 6.07) is 0. The van der Waals surface area contributed by atoms with Crippen molar-refractivity contribution in [3.05, 3.63) is 39.7 Å². The number of nitrogens with zero attached hydrogens (tertiary/aromatic N) is 5. The second kappa shape index (κ2) is 7.12. The molecule has 0 N–H and O–H groups in total. The fraction of sp³-hybridized carbons (Fsp3) is 0.562. The van der Waals surface area contributed by atoms with Gasteiger partial charge >= 0.3 is 12.1 Å². The number of hydrogen-bond acceptors (Lipinski definition) is 6. The van der Waals surface area contributed by atoms with Crippen LogP contribution in [0.2, 0.25) is 0 Å². The molecular formula is C16H18F3N5O3. The second-order valence-electron chi connectivity index (χ2n) is 6.51. The molecule has 0 saturated carbocycles. The molecule has 0 radical (unpaired) electrons. The van der Waals surface area contributed by atoms with Gasteiger partial charge in [0.2, 0.25) is 11.8 Å². The zero-order valence-corrected chi connectivity index (χ0v) is 14.8. The molecule has 11 heteroatoms. The van der Waals surface area contributed by atoms with Gasteiger partial charge in [-0.05, 0) is 26.7 Å². The first-order chi connectivity index (χ1) is 12.7. The highest BCUT2D eigenvalue weighted by molar-refractivity contribution is 5.76. The molecule has 1 amide bonds. The number of hydrogen-bond donors (Lipinski definition) is 0. The van der Waals surface area contributed by atoms with Crippen molar-refractivity contribution in [3.8, 4) is 0 Å². The first kappa shape index (κ1) is 19.1. The van der Waals surface area contributed by atoms with Crippen LogP contribution in [0.15, 0.2) is 15.5 Å². The predicted octanol–water partition coefficient (Wildman–Crippen LogP) is 1.67. The Labute approximate surface area is 152 Å². The summed E-state index contributed by atoms with van der Waals surface area (Å²) in [7, 11) is 0. The summed E-state index contributed by atoms with van der Waals surface area (Å²) < 4.78 is 43.8. The van der Waals surface area contributed by atoms with E-state index in [2.05, 4.69) is 15.2 Å². The van der Waals surface area contributed by atoms with E-state index in [-0.39, 0.29) is 30.4 Å². The molecule has 0 spiro atoms. The largest absolute Gasteiger partial charge is 0.470 e. The number of rotatable bonds is 3. The number of amides is 1. The maximum absolute atomic E-state index is 12.6. The normalized spacial score (nSPS) is 18.0. The van der Waals surface area contributed by atoms with E-state index in [1.165, 1.54) is 15.8 Å². The minimum Gasteiger partial charge on any atom is -0.417 e. The Morgan fingerprint density at radius 2 is 2.07 bits per heavy atom. The molecule has 1 atom stereocenters. The molecule has 0 aromatic carbocycles. The van der Waals surface area contributed by atoms with Crippen molar-refractivity contribution in [2.24, 2.45) is 0 Å². The smallest absolute Gasteiger partial charge is 0.417 e. The quantitative estimate of drug-likeness (QED) is 0.798. The van der Waals surface area contributed by atoms with Crippen LogP contribution in [-0.2, 0) is 17.5 Å². The van der Waals surface area contributed by atoms with E-state index < -0.39 is 18.0 Å². The number of aryl methyl sites for hydroxylation is 1. The third-order valence-electron chi connectivity index (χ3n) is 4.63. The Bertz CT molecular complexity index is 905. The number of piperidine rings is 1. The summed E-state index contributed by atoms with van der Waals surface area (Å²) >= 11 is 0. The molecule has 1 aliphatic rings. The number of aromatic nitrogens is 4. The van der Waals surface area contributed by atoms with E-state index in [0.717, 1.165) is 0 Å². The Hall–Kier alpha value is -2.72. The molecule has 8 nitrogen and oxygen atoms in total. The standard InChI is InChI=1S/C16H18F3N5O3/c1-9-10(2)20-8-24(14(9)26)7-12(25)23-5-3-4-11(6-23)13-21-22-15(27-13)16(17,18)19/h8,11H,3-7H2,1-2H3. The van der Waals surface area contributed by atoms with Crippen molar-refractivity contribution in [2.75, 3.05) is 13.1 Å². The second-order valence-corrected chi connectivity index (χ2v) is 6.51. The highest BCUT2D eigenvalue weighted by Crippen LogP contribution is 2.32. The molecule has 1 unspecified atom stereocenters. The van der Waals surface area contributed by atoms with Crippen LogP contribution < -0.4 is 5.56 Å². The van der Waals surface area contributed by atoms with Gasteiger partial charge in [0.1, 0.15) is 6.54 Å². The van der Waals surface area contributed by atoms with Gasteiger partial charge in [-0.15, -0.1) is 10.2 Å². The number of likely N-dealkylation sites (tertiary alicyclic amines) is 1. The van der Waals surface area contributed by atoms with Gasteiger partial charge in [-0.1, -0.05) is 0 Å². The molecule has 1 fully saturated rings. The fourth-order valence-electron chi connectivity index (χ4n) is 2.95. The van der Waals surface area contributed by atoms with Gasteiger partial charge in [0, 0.05) is 24.3 Å². The van der Waals surface area contributed by atoms with E-state index in [9.17, 15) is 22.8 Å². The first-order valence-electron chi connectivity index (χ1n) is 8.38. The minimum atomic E-state index is -4.70. The van der Waals surface area contributed by atoms with Crippen molar-refractivity contribution >= 4 is 5.91 Å². The molecule has 3 rings (SSSR count). The number of carbonyl (C=O) groups excluding carboxylic acids is 1. The average molecular weight is 385 g/mol. The third-order valence-corrected chi connectivity index (χ3v) is 4.63. The molecule has 2 aromatic heterocycles. The van der Waals surface area contributed by atoms with Crippen molar-refractivity contribution in [3.63, 3.8) is 0 Å². The Balaban J connectivity index is 1.71. The number of alkyl halides is 3. The number of carbonyl (C=O) groups is 1. The zero-order chi connectivity index (χ0) is 19.8. The topological polar surface area (TPSA) is 94.1 Å². The van der Waals surface area contributed by atoms with Crippen molar-refractivity contribution < 1.29 is 22.4 Å². The van der Waals surface area contributed by atoms with Gasteiger partial charge in [0.15, 0.2) is 0 Å². The lowest BCUT2D eigenvalue weighted by molar-refractivity contribution is -0.157. The van der Waals surface area contributed by atoms with Gasteiger partial charge in [-0.25, -0.2) is 4.98 Å². The van der Waals surface area contributed by atoms with E-state index in [1.807, 2.05) is 0 Å². The van der Waals surface area contributed by atoms with Gasteiger partial charge in [0.05, 0.1) is 12.2 Å². The summed E-state index contributed by atoms with van der Waals surface area (Å²) in [6.45, 7) is 3.76. The van der Waals surface area contributed by atoms with Gasteiger partial charge in [-0.2, -0.15) is 13.2 Å². The van der Waals surface area contributed by atoms with Crippen LogP contribution in [0, 0.1) is 13.8 Å². The minimum absolute atomic E-state index is 0.134. The van der Waals surface area contributed by atoms with E-state index in [0.29, 0.717) is 30.6 Å². The molecule has 0 bridgehead atoms. The van der Waals surface area contributed by atoms with Crippen LogP contribution in [0.5, 0.6) is 0 Å². The molecule has 2 aromatic rings. The molecule has 3 heterocycles. The summed E-state index contributed by atoms with van der Waals surface area (Å²) in [6.07, 6.45) is -2.26. The van der Waals surface area contributed by atoms with E-state index in [4.69, 9.17) is 4.42 Å². The average Bonchev–Trinajstić information content (AvgIpc) is 3.13. The van der Waals surface area contributed by atoms with Gasteiger partial charge < -0.3 is 9.32 Å². The lowest BCUT2D eigenvalue weighted by atomic mass is 9.98. The highest BCUT2D eigenvalue weighted by Gasteiger charge is 2.39. The fourth-order valence-corrected chi connectivity index (χ4v) is 2.95. The maximum atomic E-state index is 12.6. The lowest BCUT2D eigenvalue weighted by Crippen LogP contribution is -2.42. The van der Waals surface area contributed by atoms with Crippen LogP contribution in [0.25, 0.3) is 0 Å². The molecule has 1 aliphatic heterocycles.